The molecule has 1 N–H and O–H groups in total. The molecule has 0 saturated heterocycles. The molecule has 0 aliphatic heterocycles. The fourth-order valence-corrected chi connectivity index (χ4v) is 2.88. The molecule has 0 aromatic heterocycles. The molecule has 0 fully saturated rings. The molecule has 0 aliphatic carbocycles. The first-order valence-electron chi connectivity index (χ1n) is 7.44. The third kappa shape index (κ3) is 4.69. The number of amides is 1. The van der Waals surface area contributed by atoms with E-state index in [-0.39, 0.29) is 28.9 Å². The molecule has 0 aliphatic rings. The number of nitrogens with zero attached hydrogens (tertiary/aromatic N) is 2. The highest BCUT2D eigenvalue weighted by Gasteiger charge is 2.23. The number of nitro benzene ring substituents is 1. The molecule has 0 unspecified atom stereocenters. The summed E-state index contributed by atoms with van der Waals surface area (Å²) in [6.45, 7) is 0.245. The van der Waals surface area contributed by atoms with Crippen molar-refractivity contribution in [2.24, 2.45) is 0 Å². The van der Waals surface area contributed by atoms with Crippen LogP contribution in [0.3, 0.4) is 0 Å². The summed E-state index contributed by atoms with van der Waals surface area (Å²) < 4.78 is 0. The van der Waals surface area contributed by atoms with Gasteiger partial charge in [-0.15, -0.1) is 0 Å². The summed E-state index contributed by atoms with van der Waals surface area (Å²) in [6, 6.07) is 11.1. The summed E-state index contributed by atoms with van der Waals surface area (Å²) in [5, 5.41) is 14.7. The normalized spacial score (nSPS) is 12.0. The van der Waals surface area contributed by atoms with E-state index in [4.69, 9.17) is 23.2 Å². The van der Waals surface area contributed by atoms with Gasteiger partial charge in [-0.1, -0.05) is 41.4 Å². The van der Waals surface area contributed by atoms with E-state index in [0.29, 0.717) is 5.02 Å². The zero-order valence-electron chi connectivity index (χ0n) is 13.7. The summed E-state index contributed by atoms with van der Waals surface area (Å²) in [5.41, 5.74) is 0.496. The number of carbonyl (C=O) groups is 1. The van der Waals surface area contributed by atoms with Gasteiger partial charge in [0.1, 0.15) is 5.56 Å². The molecule has 8 heteroatoms. The Morgan fingerprint density at radius 2 is 1.92 bits per heavy atom. The smallest absolute Gasteiger partial charge is 0.283 e. The zero-order valence-corrected chi connectivity index (χ0v) is 15.2. The molecule has 2 aromatic rings. The molecule has 25 heavy (non-hydrogen) atoms. The standard InChI is InChI=1S/C17H17Cl2N3O3/c1-21(2)16(12-5-3-4-6-14(12)19)10-20-17(23)13-8-7-11(18)9-15(13)22(24)25/h3-9,16H,10H2,1-2H3,(H,20,23)/t16-/m1/s1. The Balaban J connectivity index is 2.20. The highest BCUT2D eigenvalue weighted by atomic mass is 35.5. The molecule has 0 bridgehead atoms. The average molecular weight is 382 g/mol. The van der Waals surface area contributed by atoms with E-state index in [1.54, 1.807) is 6.07 Å². The van der Waals surface area contributed by atoms with Crippen LogP contribution < -0.4 is 5.32 Å². The van der Waals surface area contributed by atoms with Gasteiger partial charge >= 0.3 is 0 Å². The third-order valence-electron chi connectivity index (χ3n) is 3.74. The van der Waals surface area contributed by atoms with Crippen molar-refractivity contribution in [2.45, 2.75) is 6.04 Å². The Kier molecular flexibility index (Phi) is 6.36. The van der Waals surface area contributed by atoms with Crippen LogP contribution in [0.5, 0.6) is 0 Å². The van der Waals surface area contributed by atoms with Crippen molar-refractivity contribution in [2.75, 3.05) is 20.6 Å². The lowest BCUT2D eigenvalue weighted by molar-refractivity contribution is -0.385. The van der Waals surface area contributed by atoms with Crippen molar-refractivity contribution in [1.82, 2.24) is 10.2 Å². The number of carbonyl (C=O) groups excluding carboxylic acids is 1. The van der Waals surface area contributed by atoms with E-state index in [0.717, 1.165) is 11.6 Å². The van der Waals surface area contributed by atoms with Crippen LogP contribution in [-0.4, -0.2) is 36.4 Å². The molecular formula is C17H17Cl2N3O3. The van der Waals surface area contributed by atoms with Crippen LogP contribution in [0.15, 0.2) is 42.5 Å². The van der Waals surface area contributed by atoms with Crippen LogP contribution >= 0.6 is 23.2 Å². The van der Waals surface area contributed by atoms with Crippen LogP contribution in [0.1, 0.15) is 22.0 Å². The quantitative estimate of drug-likeness (QED) is 0.607. The van der Waals surface area contributed by atoms with Gasteiger partial charge < -0.3 is 10.2 Å². The molecule has 1 amide bonds. The van der Waals surface area contributed by atoms with Gasteiger partial charge in [-0.3, -0.25) is 14.9 Å². The summed E-state index contributed by atoms with van der Waals surface area (Å²) >= 11 is 12.0. The molecule has 0 spiro atoms. The first-order valence-corrected chi connectivity index (χ1v) is 8.20. The minimum absolute atomic E-state index is 0.0361. The number of halogens is 2. The largest absolute Gasteiger partial charge is 0.350 e. The molecule has 1 atom stereocenters. The topological polar surface area (TPSA) is 75.5 Å². The maximum atomic E-state index is 12.4. The Labute approximate surface area is 155 Å². The van der Waals surface area contributed by atoms with Crippen molar-refractivity contribution >= 4 is 34.8 Å². The van der Waals surface area contributed by atoms with E-state index in [9.17, 15) is 14.9 Å². The highest BCUT2D eigenvalue weighted by molar-refractivity contribution is 6.31. The summed E-state index contributed by atoms with van der Waals surface area (Å²) in [7, 11) is 3.73. The second-order valence-electron chi connectivity index (χ2n) is 5.63. The third-order valence-corrected chi connectivity index (χ3v) is 4.32. The van der Waals surface area contributed by atoms with Gasteiger partial charge in [0, 0.05) is 22.7 Å². The average Bonchev–Trinajstić information content (AvgIpc) is 2.56. The number of likely N-dealkylation sites (N-methyl/N-ethyl adjacent to an activating group) is 1. The van der Waals surface area contributed by atoms with E-state index >= 15 is 0 Å². The van der Waals surface area contributed by atoms with Gasteiger partial charge in [0.25, 0.3) is 11.6 Å². The van der Waals surface area contributed by atoms with Crippen LogP contribution in [-0.2, 0) is 0 Å². The number of hydrogen-bond acceptors (Lipinski definition) is 4. The lowest BCUT2D eigenvalue weighted by Gasteiger charge is -2.26. The Morgan fingerprint density at radius 1 is 1.24 bits per heavy atom. The van der Waals surface area contributed by atoms with Crippen molar-refractivity contribution in [3.05, 3.63) is 73.8 Å². The fraction of sp³-hybridized carbons (Fsp3) is 0.235. The number of rotatable bonds is 6. The second kappa shape index (κ2) is 8.29. The van der Waals surface area contributed by atoms with Crippen LogP contribution in [0.25, 0.3) is 0 Å². The minimum atomic E-state index is -0.627. The van der Waals surface area contributed by atoms with Crippen LogP contribution in [0.4, 0.5) is 5.69 Å². The zero-order chi connectivity index (χ0) is 18.6. The molecular weight excluding hydrogens is 365 g/mol. The number of nitrogens with one attached hydrogen (secondary N) is 1. The fourth-order valence-electron chi connectivity index (χ4n) is 2.45. The van der Waals surface area contributed by atoms with Crippen molar-refractivity contribution in [3.63, 3.8) is 0 Å². The van der Waals surface area contributed by atoms with E-state index in [1.807, 2.05) is 37.2 Å². The minimum Gasteiger partial charge on any atom is -0.350 e. The summed E-state index contributed by atoms with van der Waals surface area (Å²) in [4.78, 5) is 24.8. The van der Waals surface area contributed by atoms with Gasteiger partial charge in [0.15, 0.2) is 0 Å². The Morgan fingerprint density at radius 3 is 2.52 bits per heavy atom. The van der Waals surface area contributed by atoms with Crippen molar-refractivity contribution in [1.29, 1.82) is 0 Å². The lowest BCUT2D eigenvalue weighted by Crippen LogP contribution is -2.35. The first kappa shape index (κ1) is 19.2. The predicted molar refractivity (Wildman–Crippen MR) is 98.3 cm³/mol. The van der Waals surface area contributed by atoms with Crippen LogP contribution in [0.2, 0.25) is 10.0 Å². The predicted octanol–water partition coefficient (Wildman–Crippen LogP) is 3.93. The van der Waals surface area contributed by atoms with Crippen molar-refractivity contribution < 1.29 is 9.72 Å². The Hall–Kier alpha value is -2.15. The van der Waals surface area contributed by atoms with Gasteiger partial charge in [0.05, 0.1) is 11.0 Å². The summed E-state index contributed by atoms with van der Waals surface area (Å²) in [5.74, 6) is -0.540. The molecule has 0 saturated carbocycles. The van der Waals surface area contributed by atoms with Gasteiger partial charge in [-0.2, -0.15) is 0 Å². The van der Waals surface area contributed by atoms with E-state index in [1.165, 1.54) is 12.1 Å². The summed E-state index contributed by atoms with van der Waals surface area (Å²) in [6.07, 6.45) is 0. The number of benzene rings is 2. The van der Waals surface area contributed by atoms with Gasteiger partial charge in [-0.25, -0.2) is 0 Å². The van der Waals surface area contributed by atoms with Crippen LogP contribution in [0, 0.1) is 10.1 Å². The molecule has 2 aromatic carbocycles. The van der Waals surface area contributed by atoms with E-state index in [2.05, 4.69) is 5.32 Å². The molecule has 0 radical (unpaired) electrons. The molecule has 6 nitrogen and oxygen atoms in total. The number of hydrogen-bond donors (Lipinski definition) is 1. The Bertz CT molecular complexity index is 796. The van der Waals surface area contributed by atoms with Gasteiger partial charge in [0.2, 0.25) is 0 Å². The maximum absolute atomic E-state index is 12.4. The first-order chi connectivity index (χ1) is 11.8. The lowest BCUT2D eigenvalue weighted by atomic mass is 10.1. The second-order valence-corrected chi connectivity index (χ2v) is 6.47. The molecule has 132 valence electrons. The number of nitro groups is 1. The SMILES string of the molecule is CN(C)[C@H](CNC(=O)c1ccc(Cl)cc1[N+](=O)[O-])c1ccccc1Cl. The van der Waals surface area contributed by atoms with Crippen molar-refractivity contribution in [3.8, 4) is 0 Å². The van der Waals surface area contributed by atoms with Gasteiger partial charge in [-0.05, 0) is 37.9 Å². The highest BCUT2D eigenvalue weighted by Crippen LogP contribution is 2.26. The molecule has 2 rings (SSSR count). The van der Waals surface area contributed by atoms with E-state index < -0.39 is 10.8 Å². The maximum Gasteiger partial charge on any atom is 0.283 e. The molecule has 0 heterocycles. The monoisotopic (exact) mass is 381 g/mol.